The second kappa shape index (κ2) is 5.50. The van der Waals surface area contributed by atoms with Crippen molar-refractivity contribution in [2.75, 3.05) is 11.1 Å². The largest absolute Gasteiger partial charge is 0.416 e. The second-order valence-electron chi connectivity index (χ2n) is 4.50. The van der Waals surface area contributed by atoms with Gasteiger partial charge in [0.15, 0.2) is 0 Å². The molecule has 5 nitrogen and oxygen atoms in total. The van der Waals surface area contributed by atoms with Gasteiger partial charge in [-0.05, 0) is 36.4 Å². The number of halogens is 3. The average molecular weight is 331 g/mol. The summed E-state index contributed by atoms with van der Waals surface area (Å²) in [6, 6.07) is 8.12. The number of sulfonamides is 1. The first-order valence-electron chi connectivity index (χ1n) is 5.94. The lowest BCUT2D eigenvalue weighted by atomic mass is 10.2. The van der Waals surface area contributed by atoms with Crippen LogP contribution in [0.5, 0.6) is 0 Å². The molecule has 0 saturated heterocycles. The highest BCUT2D eigenvalue weighted by Gasteiger charge is 2.30. The average Bonchev–Trinajstić information content (AvgIpc) is 2.39. The number of nitrogens with one attached hydrogen (secondary N) is 1. The van der Waals surface area contributed by atoms with Gasteiger partial charge in [-0.1, -0.05) is 6.07 Å². The molecule has 22 heavy (non-hydrogen) atoms. The number of nitrogen functional groups attached to an aromatic ring is 1. The lowest BCUT2D eigenvalue weighted by Gasteiger charge is -2.13. The minimum Gasteiger partial charge on any atom is -0.397 e. The number of hydrogen-bond acceptors (Lipinski definition) is 4. The molecule has 0 aliphatic carbocycles. The molecule has 2 rings (SSSR count). The van der Waals surface area contributed by atoms with Crippen LogP contribution in [0.15, 0.2) is 47.4 Å². The molecule has 0 atom stereocenters. The number of hydrogen-bond donors (Lipinski definition) is 3. The fraction of sp³-hybridized carbons (Fsp3) is 0.0769. The molecule has 2 aromatic rings. The standard InChI is InChI=1S/C13H12F3N3O2S/c14-13(15,16)8-2-1-3-9(6-8)19-12-7-10(22(18,20)21)4-5-11(12)17/h1-7,19H,17H2,(H2,18,20,21). The van der Waals surface area contributed by atoms with E-state index in [-0.39, 0.29) is 22.0 Å². The molecule has 118 valence electrons. The predicted octanol–water partition coefficient (Wildman–Crippen LogP) is 2.68. The Bertz CT molecular complexity index is 804. The van der Waals surface area contributed by atoms with Gasteiger partial charge in [-0.2, -0.15) is 13.2 Å². The maximum atomic E-state index is 12.7. The molecular formula is C13H12F3N3O2S. The number of nitrogens with two attached hydrogens (primary N) is 2. The summed E-state index contributed by atoms with van der Waals surface area (Å²) in [5.74, 6) is 0. The van der Waals surface area contributed by atoms with E-state index in [2.05, 4.69) is 5.32 Å². The Kier molecular flexibility index (Phi) is 4.03. The lowest BCUT2D eigenvalue weighted by molar-refractivity contribution is -0.137. The van der Waals surface area contributed by atoms with Gasteiger partial charge in [-0.25, -0.2) is 13.6 Å². The van der Waals surface area contributed by atoms with Gasteiger partial charge in [0.05, 0.1) is 21.8 Å². The fourth-order valence-electron chi connectivity index (χ4n) is 1.75. The van der Waals surface area contributed by atoms with E-state index in [0.29, 0.717) is 0 Å². The first-order valence-corrected chi connectivity index (χ1v) is 7.48. The summed E-state index contributed by atoms with van der Waals surface area (Å²) in [4.78, 5) is -0.198. The van der Waals surface area contributed by atoms with Crippen LogP contribution in [0.2, 0.25) is 0 Å². The van der Waals surface area contributed by atoms with Crippen molar-refractivity contribution in [2.24, 2.45) is 5.14 Å². The van der Waals surface area contributed by atoms with Gasteiger partial charge in [-0.15, -0.1) is 0 Å². The minimum absolute atomic E-state index is 0.119. The molecule has 0 aliphatic heterocycles. The van der Waals surface area contributed by atoms with Crippen LogP contribution in [-0.2, 0) is 16.2 Å². The van der Waals surface area contributed by atoms with Crippen molar-refractivity contribution in [3.63, 3.8) is 0 Å². The molecule has 0 spiro atoms. The van der Waals surface area contributed by atoms with Gasteiger partial charge < -0.3 is 11.1 Å². The molecule has 0 fully saturated rings. The van der Waals surface area contributed by atoms with Crippen molar-refractivity contribution in [1.29, 1.82) is 0 Å². The van der Waals surface area contributed by atoms with Crippen LogP contribution in [0.1, 0.15) is 5.56 Å². The molecule has 0 aromatic heterocycles. The van der Waals surface area contributed by atoms with Crippen LogP contribution >= 0.6 is 0 Å². The Morgan fingerprint density at radius 3 is 2.32 bits per heavy atom. The van der Waals surface area contributed by atoms with Crippen LogP contribution in [0.4, 0.5) is 30.2 Å². The first-order chi connectivity index (χ1) is 10.1. The fourth-order valence-corrected chi connectivity index (χ4v) is 2.29. The van der Waals surface area contributed by atoms with Crippen LogP contribution in [0.3, 0.4) is 0 Å². The Labute approximate surface area is 124 Å². The highest BCUT2D eigenvalue weighted by Crippen LogP contribution is 2.32. The zero-order valence-electron chi connectivity index (χ0n) is 11.1. The topological polar surface area (TPSA) is 98.2 Å². The molecule has 0 heterocycles. The monoisotopic (exact) mass is 331 g/mol. The summed E-state index contributed by atoms with van der Waals surface area (Å²) in [5, 5.41) is 7.66. The molecule has 9 heteroatoms. The molecule has 5 N–H and O–H groups in total. The second-order valence-corrected chi connectivity index (χ2v) is 6.06. The van der Waals surface area contributed by atoms with E-state index < -0.39 is 21.8 Å². The number of benzene rings is 2. The van der Waals surface area contributed by atoms with E-state index in [1.165, 1.54) is 24.3 Å². The molecule has 2 aromatic carbocycles. The summed E-state index contributed by atoms with van der Waals surface area (Å²) in [5.41, 5.74) is 5.28. The van der Waals surface area contributed by atoms with Crippen molar-refractivity contribution in [3.8, 4) is 0 Å². The lowest BCUT2D eigenvalue weighted by Crippen LogP contribution is -2.12. The van der Waals surface area contributed by atoms with Crippen LogP contribution in [-0.4, -0.2) is 8.42 Å². The molecule has 0 radical (unpaired) electrons. The van der Waals surface area contributed by atoms with Gasteiger partial charge in [0.2, 0.25) is 10.0 Å². The van der Waals surface area contributed by atoms with E-state index in [4.69, 9.17) is 10.9 Å². The molecule has 0 amide bonds. The van der Waals surface area contributed by atoms with E-state index in [1.807, 2.05) is 0 Å². The van der Waals surface area contributed by atoms with Gasteiger partial charge >= 0.3 is 6.18 Å². The predicted molar refractivity (Wildman–Crippen MR) is 77.0 cm³/mol. The molecule has 0 aliphatic rings. The molecule has 0 saturated carbocycles. The van der Waals surface area contributed by atoms with Crippen molar-refractivity contribution in [2.45, 2.75) is 11.1 Å². The summed E-state index contributed by atoms with van der Waals surface area (Å²) in [6.45, 7) is 0. The summed E-state index contributed by atoms with van der Waals surface area (Å²) >= 11 is 0. The van der Waals surface area contributed by atoms with Crippen LogP contribution in [0, 0.1) is 0 Å². The third-order valence-corrected chi connectivity index (χ3v) is 3.73. The van der Waals surface area contributed by atoms with E-state index in [9.17, 15) is 21.6 Å². The van der Waals surface area contributed by atoms with Crippen molar-refractivity contribution in [1.82, 2.24) is 0 Å². The Balaban J connectivity index is 2.39. The zero-order valence-corrected chi connectivity index (χ0v) is 11.9. The summed E-state index contributed by atoms with van der Waals surface area (Å²) in [7, 11) is -3.94. The van der Waals surface area contributed by atoms with Crippen molar-refractivity contribution in [3.05, 3.63) is 48.0 Å². The van der Waals surface area contributed by atoms with Gasteiger partial charge in [0.1, 0.15) is 0 Å². The summed E-state index contributed by atoms with van der Waals surface area (Å²) in [6.07, 6.45) is -4.48. The van der Waals surface area contributed by atoms with Gasteiger partial charge in [-0.3, -0.25) is 0 Å². The van der Waals surface area contributed by atoms with E-state index >= 15 is 0 Å². The highest BCUT2D eigenvalue weighted by molar-refractivity contribution is 7.89. The smallest absolute Gasteiger partial charge is 0.397 e. The molecule has 0 unspecified atom stereocenters. The van der Waals surface area contributed by atoms with E-state index in [1.54, 1.807) is 0 Å². The number of rotatable bonds is 3. The summed E-state index contributed by atoms with van der Waals surface area (Å²) < 4.78 is 60.6. The Hall–Kier alpha value is -2.26. The Morgan fingerprint density at radius 2 is 1.73 bits per heavy atom. The van der Waals surface area contributed by atoms with Gasteiger partial charge in [0.25, 0.3) is 0 Å². The van der Waals surface area contributed by atoms with Crippen molar-refractivity contribution < 1.29 is 21.6 Å². The molecular weight excluding hydrogens is 319 g/mol. The van der Waals surface area contributed by atoms with E-state index in [0.717, 1.165) is 18.2 Å². The quantitative estimate of drug-likeness (QED) is 0.753. The third-order valence-electron chi connectivity index (χ3n) is 2.82. The Morgan fingerprint density at radius 1 is 1.05 bits per heavy atom. The van der Waals surface area contributed by atoms with Crippen LogP contribution < -0.4 is 16.2 Å². The zero-order chi connectivity index (χ0) is 16.5. The van der Waals surface area contributed by atoms with Crippen molar-refractivity contribution >= 4 is 27.1 Å². The third kappa shape index (κ3) is 3.68. The number of alkyl halides is 3. The maximum absolute atomic E-state index is 12.7. The minimum atomic E-state index is -4.48. The normalized spacial score (nSPS) is 12.2. The maximum Gasteiger partial charge on any atom is 0.416 e. The first kappa shape index (κ1) is 16.1. The SMILES string of the molecule is Nc1ccc(S(N)(=O)=O)cc1Nc1cccc(C(F)(F)F)c1. The molecule has 0 bridgehead atoms. The van der Waals surface area contributed by atoms with Crippen LogP contribution in [0.25, 0.3) is 0 Å². The van der Waals surface area contributed by atoms with Gasteiger partial charge in [0, 0.05) is 5.69 Å². The number of anilines is 3. The highest BCUT2D eigenvalue weighted by atomic mass is 32.2. The number of primary sulfonamides is 1.